The van der Waals surface area contributed by atoms with Crippen molar-refractivity contribution in [2.45, 2.75) is 11.0 Å². The van der Waals surface area contributed by atoms with Gasteiger partial charge in [-0.15, -0.1) is 0 Å². The molecule has 1 amide bonds. The molecule has 1 aromatic rings. The van der Waals surface area contributed by atoms with Gasteiger partial charge in [-0.2, -0.15) is 0 Å². The molecule has 18 heavy (non-hydrogen) atoms. The van der Waals surface area contributed by atoms with Gasteiger partial charge in [-0.1, -0.05) is 0 Å². The molecule has 0 N–H and O–H groups in total. The summed E-state index contributed by atoms with van der Waals surface area (Å²) in [4.78, 5) is 14.0. The van der Waals surface area contributed by atoms with E-state index >= 15 is 0 Å². The lowest BCUT2D eigenvalue weighted by Crippen LogP contribution is -2.25. The zero-order valence-electron chi connectivity index (χ0n) is 10.3. The molecule has 1 fully saturated rings. The molecule has 0 aliphatic carbocycles. The van der Waals surface area contributed by atoms with Crippen molar-refractivity contribution in [3.05, 3.63) is 24.3 Å². The minimum Gasteiger partial charge on any atom is -0.441 e. The summed E-state index contributed by atoms with van der Waals surface area (Å²) in [6.07, 6.45) is 1.01. The maximum Gasteiger partial charge on any atom is 0.414 e. The molecule has 1 heterocycles. The second kappa shape index (κ2) is 5.49. The van der Waals surface area contributed by atoms with Gasteiger partial charge in [-0.3, -0.25) is 9.11 Å². The van der Waals surface area contributed by atoms with Gasteiger partial charge < -0.3 is 9.47 Å². The molecular formula is C12H15NO4S. The van der Waals surface area contributed by atoms with Gasteiger partial charge in [0.15, 0.2) is 0 Å². The van der Waals surface area contributed by atoms with Gasteiger partial charge in [-0.05, 0) is 24.3 Å². The smallest absolute Gasteiger partial charge is 0.414 e. The van der Waals surface area contributed by atoms with Crippen molar-refractivity contribution in [2.24, 2.45) is 0 Å². The van der Waals surface area contributed by atoms with E-state index in [2.05, 4.69) is 0 Å². The second-order valence-corrected chi connectivity index (χ2v) is 5.40. The third-order valence-electron chi connectivity index (χ3n) is 2.71. The lowest BCUT2D eigenvalue weighted by Gasteiger charge is -2.13. The summed E-state index contributed by atoms with van der Waals surface area (Å²) in [7, 11) is 0.559. The van der Waals surface area contributed by atoms with Crippen molar-refractivity contribution >= 4 is 22.6 Å². The van der Waals surface area contributed by atoms with Crippen LogP contribution in [-0.4, -0.2) is 42.9 Å². The number of benzene rings is 1. The van der Waals surface area contributed by atoms with Crippen LogP contribution < -0.4 is 4.90 Å². The predicted molar refractivity (Wildman–Crippen MR) is 68.3 cm³/mol. The van der Waals surface area contributed by atoms with E-state index in [9.17, 15) is 9.00 Å². The molecule has 0 aromatic heterocycles. The third-order valence-corrected chi connectivity index (χ3v) is 3.64. The number of ether oxygens (including phenoxy) is 2. The Morgan fingerprint density at radius 1 is 1.44 bits per heavy atom. The highest BCUT2D eigenvalue weighted by Gasteiger charge is 2.32. The molecule has 6 heteroatoms. The van der Waals surface area contributed by atoms with Crippen LogP contribution in [0.5, 0.6) is 0 Å². The van der Waals surface area contributed by atoms with Crippen LogP contribution in [0.3, 0.4) is 0 Å². The number of amides is 1. The van der Waals surface area contributed by atoms with Crippen LogP contribution in [0.1, 0.15) is 0 Å². The van der Waals surface area contributed by atoms with Crippen LogP contribution in [-0.2, 0) is 20.3 Å². The molecular weight excluding hydrogens is 254 g/mol. The average molecular weight is 269 g/mol. The first-order valence-corrected chi connectivity index (χ1v) is 7.08. The molecule has 2 rings (SSSR count). The van der Waals surface area contributed by atoms with Crippen LogP contribution in [0, 0.1) is 0 Å². The van der Waals surface area contributed by atoms with E-state index in [0.717, 1.165) is 10.6 Å². The average Bonchev–Trinajstić information content (AvgIpc) is 2.71. The summed E-state index contributed by atoms with van der Waals surface area (Å²) < 4.78 is 21.4. The van der Waals surface area contributed by atoms with E-state index in [0.29, 0.717) is 13.2 Å². The standard InChI is InChI=1S/C12H15NO4S/c1-16-8-10-7-13(12(14)17-10)9-3-5-11(6-4-9)18(2)15/h3-6,10H,7-8H2,1-2H3. The summed E-state index contributed by atoms with van der Waals surface area (Å²) >= 11 is 0. The fourth-order valence-corrected chi connectivity index (χ4v) is 2.34. The van der Waals surface area contributed by atoms with Crippen LogP contribution in [0.25, 0.3) is 0 Å². The van der Waals surface area contributed by atoms with E-state index in [1.165, 1.54) is 0 Å². The summed E-state index contributed by atoms with van der Waals surface area (Å²) in [5.74, 6) is 0. The summed E-state index contributed by atoms with van der Waals surface area (Å²) in [5, 5.41) is 0. The first kappa shape index (κ1) is 13.0. The van der Waals surface area contributed by atoms with Crippen LogP contribution >= 0.6 is 0 Å². The van der Waals surface area contributed by atoms with E-state index in [1.807, 2.05) is 0 Å². The number of hydrogen-bond acceptors (Lipinski definition) is 4. The van der Waals surface area contributed by atoms with Gasteiger partial charge in [0.1, 0.15) is 6.10 Å². The first-order chi connectivity index (χ1) is 8.61. The van der Waals surface area contributed by atoms with E-state index in [1.54, 1.807) is 42.5 Å². The number of carbonyl (C=O) groups is 1. The first-order valence-electron chi connectivity index (χ1n) is 5.52. The Morgan fingerprint density at radius 3 is 2.67 bits per heavy atom. The second-order valence-electron chi connectivity index (χ2n) is 4.02. The molecule has 2 unspecified atom stereocenters. The SMILES string of the molecule is COCC1CN(c2ccc(S(C)=O)cc2)C(=O)O1. The predicted octanol–water partition coefficient (Wildman–Crippen LogP) is 1.40. The van der Waals surface area contributed by atoms with Gasteiger partial charge >= 0.3 is 6.09 Å². The Balaban J connectivity index is 2.12. The molecule has 0 radical (unpaired) electrons. The molecule has 0 bridgehead atoms. The largest absolute Gasteiger partial charge is 0.441 e. The number of hydrogen-bond donors (Lipinski definition) is 0. The maximum atomic E-state index is 11.7. The fraction of sp³-hybridized carbons (Fsp3) is 0.417. The molecule has 0 saturated carbocycles. The molecule has 1 saturated heterocycles. The highest BCUT2D eigenvalue weighted by molar-refractivity contribution is 7.84. The Labute approximate surface area is 108 Å². The minimum absolute atomic E-state index is 0.234. The summed E-state index contributed by atoms with van der Waals surface area (Å²) in [6, 6.07) is 7.05. The van der Waals surface area contributed by atoms with Crippen LogP contribution in [0.15, 0.2) is 29.2 Å². The van der Waals surface area contributed by atoms with Gasteiger partial charge in [-0.25, -0.2) is 4.79 Å². The van der Waals surface area contributed by atoms with Crippen molar-refractivity contribution in [3.63, 3.8) is 0 Å². The molecule has 5 nitrogen and oxygen atoms in total. The molecule has 1 aliphatic rings. The normalized spacial score (nSPS) is 20.9. The van der Waals surface area contributed by atoms with E-state index in [4.69, 9.17) is 9.47 Å². The van der Waals surface area contributed by atoms with Crippen molar-refractivity contribution < 1.29 is 18.5 Å². The minimum atomic E-state index is -1.01. The lowest BCUT2D eigenvalue weighted by atomic mass is 10.3. The zero-order valence-corrected chi connectivity index (χ0v) is 11.1. The van der Waals surface area contributed by atoms with E-state index in [-0.39, 0.29) is 12.2 Å². The van der Waals surface area contributed by atoms with Crippen molar-refractivity contribution in [1.29, 1.82) is 0 Å². The quantitative estimate of drug-likeness (QED) is 0.829. The van der Waals surface area contributed by atoms with Gasteiger partial charge in [0.25, 0.3) is 0 Å². The molecule has 0 spiro atoms. The number of rotatable bonds is 4. The Morgan fingerprint density at radius 2 is 2.11 bits per heavy atom. The van der Waals surface area contributed by atoms with Crippen molar-refractivity contribution in [2.75, 3.05) is 31.4 Å². The van der Waals surface area contributed by atoms with Gasteiger partial charge in [0.2, 0.25) is 0 Å². The summed E-state index contributed by atoms with van der Waals surface area (Å²) in [6.45, 7) is 0.862. The Bertz CT molecular complexity index is 460. The number of methoxy groups -OCH3 is 1. The van der Waals surface area contributed by atoms with Crippen molar-refractivity contribution in [3.8, 4) is 0 Å². The van der Waals surface area contributed by atoms with Gasteiger partial charge in [0.05, 0.1) is 13.2 Å². The summed E-state index contributed by atoms with van der Waals surface area (Å²) in [5.41, 5.74) is 0.743. The van der Waals surface area contributed by atoms with E-state index < -0.39 is 10.8 Å². The van der Waals surface area contributed by atoms with Crippen molar-refractivity contribution in [1.82, 2.24) is 0 Å². The maximum absolute atomic E-state index is 11.7. The van der Waals surface area contributed by atoms with Crippen LogP contribution in [0.4, 0.5) is 10.5 Å². The fourth-order valence-electron chi connectivity index (χ4n) is 1.82. The monoisotopic (exact) mass is 269 g/mol. The molecule has 2 atom stereocenters. The topological polar surface area (TPSA) is 55.8 Å². The third kappa shape index (κ3) is 2.70. The number of nitrogens with zero attached hydrogens (tertiary/aromatic N) is 1. The lowest BCUT2D eigenvalue weighted by molar-refractivity contribution is 0.0718. The zero-order chi connectivity index (χ0) is 13.1. The molecule has 1 aliphatic heterocycles. The number of carbonyl (C=O) groups excluding carboxylic acids is 1. The number of anilines is 1. The number of cyclic esters (lactones) is 1. The Hall–Kier alpha value is -1.40. The van der Waals surface area contributed by atoms with Gasteiger partial charge in [0, 0.05) is 34.7 Å². The Kier molecular flexibility index (Phi) is 3.98. The molecule has 1 aromatic carbocycles. The van der Waals surface area contributed by atoms with Crippen LogP contribution in [0.2, 0.25) is 0 Å². The highest BCUT2D eigenvalue weighted by Crippen LogP contribution is 2.22. The molecule has 98 valence electrons. The highest BCUT2D eigenvalue weighted by atomic mass is 32.2.